The second-order valence-electron chi connectivity index (χ2n) is 6.89. The van der Waals surface area contributed by atoms with Crippen LogP contribution in [0.3, 0.4) is 0 Å². The van der Waals surface area contributed by atoms with Gasteiger partial charge in [-0.2, -0.15) is 0 Å². The maximum absolute atomic E-state index is 4.67. The van der Waals surface area contributed by atoms with Crippen molar-refractivity contribution >= 4 is 12.6 Å². The van der Waals surface area contributed by atoms with E-state index in [0.29, 0.717) is 0 Å². The lowest BCUT2D eigenvalue weighted by Crippen LogP contribution is -1.95. The van der Waals surface area contributed by atoms with Gasteiger partial charge in [0.2, 0.25) is 0 Å². The van der Waals surface area contributed by atoms with E-state index in [1.807, 2.05) is 12.4 Å². The maximum atomic E-state index is 4.67. The Hall–Kier alpha value is -1.35. The second-order valence-corrected chi connectivity index (χ2v) is 7.37. The predicted octanol–water partition coefficient (Wildman–Crippen LogP) is 6.68. The molecule has 136 valence electrons. The van der Waals surface area contributed by atoms with Crippen LogP contribution in [-0.2, 0) is 12.8 Å². The summed E-state index contributed by atoms with van der Waals surface area (Å²) in [6.45, 7) is 4.48. The Balaban J connectivity index is 1.93. The summed E-state index contributed by atoms with van der Waals surface area (Å²) in [6.07, 6.45) is 16.4. The molecule has 0 aliphatic carbocycles. The molecule has 0 unspecified atom stereocenters. The lowest BCUT2D eigenvalue weighted by molar-refractivity contribution is 0.632. The first-order chi connectivity index (χ1) is 12.2. The van der Waals surface area contributed by atoms with Crippen LogP contribution in [0.25, 0.3) is 11.4 Å². The van der Waals surface area contributed by atoms with Crippen LogP contribution in [0.5, 0.6) is 0 Å². The van der Waals surface area contributed by atoms with Crippen molar-refractivity contribution in [2.45, 2.75) is 83.0 Å². The van der Waals surface area contributed by atoms with Gasteiger partial charge in [0.1, 0.15) is 0 Å². The van der Waals surface area contributed by atoms with E-state index >= 15 is 0 Å². The van der Waals surface area contributed by atoms with Crippen LogP contribution < -0.4 is 0 Å². The van der Waals surface area contributed by atoms with Crippen molar-refractivity contribution in [2.24, 2.45) is 0 Å². The molecular weight excluding hydrogens is 324 g/mol. The second kappa shape index (κ2) is 11.3. The quantitative estimate of drug-likeness (QED) is 0.359. The monoisotopic (exact) mass is 356 g/mol. The zero-order chi connectivity index (χ0) is 17.9. The van der Waals surface area contributed by atoms with Crippen LogP contribution >= 0.6 is 12.6 Å². The van der Waals surface area contributed by atoms with Crippen LogP contribution in [0.1, 0.15) is 76.3 Å². The van der Waals surface area contributed by atoms with E-state index in [0.717, 1.165) is 29.1 Å². The van der Waals surface area contributed by atoms with Gasteiger partial charge in [-0.15, -0.1) is 12.6 Å². The van der Waals surface area contributed by atoms with Gasteiger partial charge in [-0.05, 0) is 48.9 Å². The van der Waals surface area contributed by atoms with E-state index in [9.17, 15) is 0 Å². The molecule has 0 amide bonds. The molecule has 0 radical (unpaired) electrons. The molecule has 0 bridgehead atoms. The Morgan fingerprint density at radius 2 is 1.36 bits per heavy atom. The molecule has 0 aliphatic heterocycles. The Kier molecular flexibility index (Phi) is 9.03. The average molecular weight is 357 g/mol. The third-order valence-electron chi connectivity index (χ3n) is 4.65. The third-order valence-corrected chi connectivity index (χ3v) is 5.02. The molecule has 2 rings (SSSR count). The Labute approximate surface area is 158 Å². The number of thiol groups is 1. The van der Waals surface area contributed by atoms with Crippen LogP contribution in [0, 0.1) is 0 Å². The highest BCUT2D eigenvalue weighted by Crippen LogP contribution is 2.25. The molecule has 2 nitrogen and oxygen atoms in total. The van der Waals surface area contributed by atoms with Crippen molar-refractivity contribution in [1.82, 2.24) is 9.97 Å². The van der Waals surface area contributed by atoms with E-state index < -0.39 is 0 Å². The van der Waals surface area contributed by atoms with Crippen LogP contribution in [0.4, 0.5) is 0 Å². The minimum Gasteiger partial charge on any atom is -0.236 e. The van der Waals surface area contributed by atoms with Gasteiger partial charge in [-0.3, -0.25) is 0 Å². The summed E-state index contributed by atoms with van der Waals surface area (Å²) in [6, 6.07) is 6.50. The predicted molar refractivity (Wildman–Crippen MR) is 110 cm³/mol. The summed E-state index contributed by atoms with van der Waals surface area (Å²) >= 11 is 4.67. The topological polar surface area (TPSA) is 25.8 Å². The lowest BCUT2D eigenvalue weighted by atomic mass is 10.0. The van der Waals surface area contributed by atoms with Gasteiger partial charge in [-0.25, -0.2) is 9.97 Å². The van der Waals surface area contributed by atoms with Gasteiger partial charge in [0.15, 0.2) is 5.82 Å². The number of nitrogens with zero attached hydrogens (tertiary/aromatic N) is 2. The normalized spacial score (nSPS) is 11.0. The molecule has 0 N–H and O–H groups in total. The zero-order valence-corrected chi connectivity index (χ0v) is 16.7. The highest BCUT2D eigenvalue weighted by Gasteiger charge is 2.07. The third kappa shape index (κ3) is 6.81. The van der Waals surface area contributed by atoms with Crippen molar-refractivity contribution in [2.75, 3.05) is 0 Å². The van der Waals surface area contributed by atoms with Gasteiger partial charge >= 0.3 is 0 Å². The molecule has 25 heavy (non-hydrogen) atoms. The molecule has 2 aromatic rings. The molecule has 0 fully saturated rings. The molecule has 0 saturated heterocycles. The summed E-state index contributed by atoms with van der Waals surface area (Å²) in [5.41, 5.74) is 3.61. The number of hydrogen-bond donors (Lipinski definition) is 1. The number of aromatic nitrogens is 2. The molecule has 0 atom stereocenters. The van der Waals surface area contributed by atoms with Gasteiger partial charge in [0.05, 0.1) is 0 Å². The summed E-state index contributed by atoms with van der Waals surface area (Å²) in [4.78, 5) is 10.1. The molecule has 0 saturated carbocycles. The highest BCUT2D eigenvalue weighted by molar-refractivity contribution is 7.80. The van der Waals surface area contributed by atoms with Crippen molar-refractivity contribution in [3.63, 3.8) is 0 Å². The van der Waals surface area contributed by atoms with Crippen molar-refractivity contribution in [3.05, 3.63) is 41.7 Å². The summed E-state index contributed by atoms with van der Waals surface area (Å²) in [5, 5.41) is 0. The Bertz CT molecular complexity index is 622. The zero-order valence-electron chi connectivity index (χ0n) is 15.8. The number of rotatable bonds is 11. The average Bonchev–Trinajstić information content (AvgIpc) is 2.63. The molecule has 1 heterocycles. The first kappa shape index (κ1) is 20.0. The number of benzene rings is 1. The molecule has 0 aliphatic rings. The van der Waals surface area contributed by atoms with Crippen LogP contribution in [0.15, 0.2) is 35.5 Å². The van der Waals surface area contributed by atoms with Crippen LogP contribution in [-0.4, -0.2) is 9.97 Å². The fraction of sp³-hybridized carbons (Fsp3) is 0.545. The number of hydrogen-bond acceptors (Lipinski definition) is 3. The van der Waals surface area contributed by atoms with Crippen molar-refractivity contribution in [3.8, 4) is 11.4 Å². The minimum atomic E-state index is 0.777. The SMILES string of the molecule is CCCCCCCc1ccc(-c2ncc(CCCCC)cn2)c(S)c1. The van der Waals surface area contributed by atoms with E-state index in [2.05, 4.69) is 54.6 Å². The lowest BCUT2D eigenvalue weighted by Gasteiger charge is -2.08. The minimum absolute atomic E-state index is 0.777. The van der Waals surface area contributed by atoms with Crippen molar-refractivity contribution in [1.29, 1.82) is 0 Å². The smallest absolute Gasteiger partial charge is 0.160 e. The molecule has 3 heteroatoms. The summed E-state index contributed by atoms with van der Waals surface area (Å²) in [5.74, 6) is 0.777. The molecular formula is C22H32N2S. The summed E-state index contributed by atoms with van der Waals surface area (Å²) in [7, 11) is 0. The number of aryl methyl sites for hydroxylation is 2. The van der Waals surface area contributed by atoms with E-state index in [1.54, 1.807) is 0 Å². The highest BCUT2D eigenvalue weighted by atomic mass is 32.1. The Morgan fingerprint density at radius 1 is 0.760 bits per heavy atom. The van der Waals surface area contributed by atoms with Crippen molar-refractivity contribution < 1.29 is 0 Å². The van der Waals surface area contributed by atoms with Gasteiger partial charge < -0.3 is 0 Å². The van der Waals surface area contributed by atoms with E-state index in [-0.39, 0.29) is 0 Å². The van der Waals surface area contributed by atoms with Gasteiger partial charge in [0, 0.05) is 22.9 Å². The fourth-order valence-electron chi connectivity index (χ4n) is 3.06. The standard InChI is InChI=1S/C22H32N2S/c1-3-5-7-8-10-11-18-13-14-20(21(25)15-18)22-23-16-19(17-24-22)12-9-6-4-2/h13-17,25H,3-12H2,1-2H3. The summed E-state index contributed by atoms with van der Waals surface area (Å²) < 4.78 is 0. The Morgan fingerprint density at radius 3 is 2.04 bits per heavy atom. The molecule has 1 aromatic carbocycles. The first-order valence-corrected chi connectivity index (χ1v) is 10.3. The van der Waals surface area contributed by atoms with Gasteiger partial charge in [0.25, 0.3) is 0 Å². The van der Waals surface area contributed by atoms with E-state index in [4.69, 9.17) is 0 Å². The molecule has 1 aromatic heterocycles. The largest absolute Gasteiger partial charge is 0.236 e. The number of unbranched alkanes of at least 4 members (excludes halogenated alkanes) is 6. The first-order valence-electron chi connectivity index (χ1n) is 9.87. The maximum Gasteiger partial charge on any atom is 0.160 e. The van der Waals surface area contributed by atoms with E-state index in [1.165, 1.54) is 62.5 Å². The molecule has 0 spiro atoms. The fourth-order valence-corrected chi connectivity index (χ4v) is 3.40. The van der Waals surface area contributed by atoms with Gasteiger partial charge in [-0.1, -0.05) is 58.4 Å². The van der Waals surface area contributed by atoms with Crippen LogP contribution in [0.2, 0.25) is 0 Å².